The molecule has 0 saturated carbocycles. The lowest BCUT2D eigenvalue weighted by Gasteiger charge is -2.16. The summed E-state index contributed by atoms with van der Waals surface area (Å²) in [6.07, 6.45) is 0. The van der Waals surface area contributed by atoms with Crippen LogP contribution in [0.1, 0.15) is 30.9 Å². The van der Waals surface area contributed by atoms with E-state index < -0.39 is 23.7 Å². The highest BCUT2D eigenvalue weighted by atomic mass is 19.1. The normalized spacial score (nSPS) is 10.4. The Bertz CT molecular complexity index is 453. The summed E-state index contributed by atoms with van der Waals surface area (Å²) in [7, 11) is 0. The fourth-order valence-electron chi connectivity index (χ4n) is 1.76. The van der Waals surface area contributed by atoms with Crippen LogP contribution in [0.25, 0.3) is 0 Å². The first-order chi connectivity index (χ1) is 9.01. The van der Waals surface area contributed by atoms with Crippen LogP contribution in [0.3, 0.4) is 0 Å². The molecular formula is C14H17FO4. The van der Waals surface area contributed by atoms with E-state index in [2.05, 4.69) is 0 Å². The Morgan fingerprint density at radius 3 is 2.11 bits per heavy atom. The molecule has 0 N–H and O–H groups in total. The molecule has 0 aliphatic carbocycles. The molecular weight excluding hydrogens is 251 g/mol. The molecule has 0 atom stereocenters. The highest BCUT2D eigenvalue weighted by Gasteiger charge is 2.32. The summed E-state index contributed by atoms with van der Waals surface area (Å²) >= 11 is 0. The molecule has 0 unspecified atom stereocenters. The van der Waals surface area contributed by atoms with Crippen molar-refractivity contribution in [2.24, 2.45) is 0 Å². The average Bonchev–Trinajstić information content (AvgIpc) is 2.33. The minimum atomic E-state index is -1.17. The fraction of sp³-hybridized carbons (Fsp3) is 0.429. The molecule has 4 nitrogen and oxygen atoms in total. The van der Waals surface area contributed by atoms with Crippen molar-refractivity contribution >= 4 is 11.9 Å². The Balaban J connectivity index is 3.14. The summed E-state index contributed by atoms with van der Waals surface area (Å²) in [4.78, 5) is 23.8. The van der Waals surface area contributed by atoms with Crippen LogP contribution >= 0.6 is 0 Å². The second-order valence-electron chi connectivity index (χ2n) is 3.94. The van der Waals surface area contributed by atoms with E-state index in [0.29, 0.717) is 11.1 Å². The van der Waals surface area contributed by atoms with Crippen LogP contribution in [-0.4, -0.2) is 25.2 Å². The summed E-state index contributed by atoms with van der Waals surface area (Å²) < 4.78 is 22.8. The molecule has 1 aromatic rings. The SMILES string of the molecule is CCOC(=O)C(C(=O)OCC)c1ccc(F)cc1C. The van der Waals surface area contributed by atoms with Crippen LogP contribution in [0.4, 0.5) is 4.39 Å². The lowest BCUT2D eigenvalue weighted by atomic mass is 9.95. The predicted molar refractivity (Wildman–Crippen MR) is 67.1 cm³/mol. The summed E-state index contributed by atoms with van der Waals surface area (Å²) in [5, 5.41) is 0. The molecule has 0 radical (unpaired) electrons. The number of aryl methyl sites for hydroxylation is 1. The van der Waals surface area contributed by atoms with Gasteiger partial charge in [-0.05, 0) is 44.0 Å². The zero-order valence-corrected chi connectivity index (χ0v) is 11.2. The van der Waals surface area contributed by atoms with Gasteiger partial charge in [-0.2, -0.15) is 0 Å². The molecule has 104 valence electrons. The van der Waals surface area contributed by atoms with Crippen molar-refractivity contribution in [1.29, 1.82) is 0 Å². The summed E-state index contributed by atoms with van der Waals surface area (Å²) in [5.74, 6) is -2.96. The van der Waals surface area contributed by atoms with Gasteiger partial charge in [0.25, 0.3) is 0 Å². The molecule has 19 heavy (non-hydrogen) atoms. The van der Waals surface area contributed by atoms with Gasteiger partial charge in [-0.3, -0.25) is 9.59 Å². The molecule has 0 bridgehead atoms. The molecule has 0 aliphatic heterocycles. The first kappa shape index (κ1) is 15.1. The van der Waals surface area contributed by atoms with Crippen molar-refractivity contribution in [2.45, 2.75) is 26.7 Å². The highest BCUT2D eigenvalue weighted by molar-refractivity contribution is 6.01. The largest absolute Gasteiger partial charge is 0.465 e. The number of hydrogen-bond acceptors (Lipinski definition) is 4. The number of carbonyl (C=O) groups excluding carboxylic acids is 2. The molecule has 0 saturated heterocycles. The summed E-state index contributed by atoms with van der Waals surface area (Å²) in [6, 6.07) is 3.87. The Kier molecular flexibility index (Phi) is 5.48. The topological polar surface area (TPSA) is 52.6 Å². The van der Waals surface area contributed by atoms with Gasteiger partial charge in [0, 0.05) is 0 Å². The van der Waals surface area contributed by atoms with Gasteiger partial charge in [-0.25, -0.2) is 4.39 Å². The molecule has 0 aromatic heterocycles. The Morgan fingerprint density at radius 2 is 1.68 bits per heavy atom. The molecule has 1 aromatic carbocycles. The molecule has 0 fully saturated rings. The Hall–Kier alpha value is -1.91. The van der Waals surface area contributed by atoms with Gasteiger partial charge in [0.2, 0.25) is 0 Å². The minimum Gasteiger partial charge on any atom is -0.465 e. The smallest absolute Gasteiger partial charge is 0.324 e. The van der Waals surface area contributed by atoms with Gasteiger partial charge >= 0.3 is 11.9 Å². The molecule has 0 aliphatic rings. The molecule has 0 amide bonds. The van der Waals surface area contributed by atoms with E-state index >= 15 is 0 Å². The van der Waals surface area contributed by atoms with Crippen molar-refractivity contribution in [3.05, 3.63) is 35.1 Å². The van der Waals surface area contributed by atoms with Gasteiger partial charge in [-0.1, -0.05) is 6.07 Å². The zero-order valence-electron chi connectivity index (χ0n) is 11.2. The van der Waals surface area contributed by atoms with Crippen LogP contribution in [-0.2, 0) is 19.1 Å². The van der Waals surface area contributed by atoms with Crippen LogP contribution in [0.5, 0.6) is 0 Å². The number of carbonyl (C=O) groups is 2. The van der Waals surface area contributed by atoms with Crippen LogP contribution < -0.4 is 0 Å². The second kappa shape index (κ2) is 6.87. The van der Waals surface area contributed by atoms with Crippen molar-refractivity contribution in [3.8, 4) is 0 Å². The summed E-state index contributed by atoms with van der Waals surface area (Å²) in [5.41, 5.74) is 0.907. The van der Waals surface area contributed by atoms with E-state index in [-0.39, 0.29) is 13.2 Å². The highest BCUT2D eigenvalue weighted by Crippen LogP contribution is 2.23. The fourth-order valence-corrected chi connectivity index (χ4v) is 1.76. The van der Waals surface area contributed by atoms with Crippen LogP contribution in [0.2, 0.25) is 0 Å². The predicted octanol–water partition coefficient (Wildman–Crippen LogP) is 2.34. The quantitative estimate of drug-likeness (QED) is 0.607. The van der Waals surface area contributed by atoms with Gasteiger partial charge in [0.15, 0.2) is 5.92 Å². The van der Waals surface area contributed by atoms with Crippen molar-refractivity contribution < 1.29 is 23.5 Å². The number of hydrogen-bond donors (Lipinski definition) is 0. The molecule has 0 spiro atoms. The minimum absolute atomic E-state index is 0.162. The number of halogens is 1. The number of ether oxygens (including phenoxy) is 2. The van der Waals surface area contributed by atoms with Gasteiger partial charge in [0.05, 0.1) is 13.2 Å². The molecule has 5 heteroatoms. The van der Waals surface area contributed by atoms with Gasteiger partial charge in [-0.15, -0.1) is 0 Å². The lowest BCUT2D eigenvalue weighted by molar-refractivity contribution is -0.156. The van der Waals surface area contributed by atoms with E-state index in [1.807, 2.05) is 0 Å². The first-order valence-corrected chi connectivity index (χ1v) is 6.10. The standard InChI is InChI=1S/C14H17FO4/c1-4-18-13(16)12(14(17)19-5-2)11-7-6-10(15)8-9(11)3/h6-8,12H,4-5H2,1-3H3. The monoisotopic (exact) mass is 268 g/mol. The van der Waals surface area contributed by atoms with E-state index in [9.17, 15) is 14.0 Å². The van der Waals surface area contributed by atoms with Gasteiger partial charge < -0.3 is 9.47 Å². The number of benzene rings is 1. The summed E-state index contributed by atoms with van der Waals surface area (Å²) in [6.45, 7) is 5.25. The zero-order chi connectivity index (χ0) is 14.4. The molecule has 1 rings (SSSR count). The van der Waals surface area contributed by atoms with E-state index in [1.165, 1.54) is 18.2 Å². The maximum Gasteiger partial charge on any atom is 0.324 e. The van der Waals surface area contributed by atoms with E-state index in [1.54, 1.807) is 20.8 Å². The third-order valence-corrected chi connectivity index (χ3v) is 2.59. The Labute approximate surface area is 111 Å². The van der Waals surface area contributed by atoms with Crippen molar-refractivity contribution in [1.82, 2.24) is 0 Å². The van der Waals surface area contributed by atoms with Crippen LogP contribution in [0.15, 0.2) is 18.2 Å². The van der Waals surface area contributed by atoms with Crippen molar-refractivity contribution in [3.63, 3.8) is 0 Å². The van der Waals surface area contributed by atoms with Crippen LogP contribution in [0, 0.1) is 12.7 Å². The average molecular weight is 268 g/mol. The lowest BCUT2D eigenvalue weighted by Crippen LogP contribution is -2.26. The Morgan fingerprint density at radius 1 is 1.16 bits per heavy atom. The maximum absolute atomic E-state index is 13.1. The second-order valence-corrected chi connectivity index (χ2v) is 3.94. The van der Waals surface area contributed by atoms with E-state index in [0.717, 1.165) is 0 Å². The first-order valence-electron chi connectivity index (χ1n) is 6.10. The maximum atomic E-state index is 13.1. The number of esters is 2. The number of rotatable bonds is 5. The molecule has 0 heterocycles. The van der Waals surface area contributed by atoms with Crippen molar-refractivity contribution in [2.75, 3.05) is 13.2 Å². The third-order valence-electron chi connectivity index (χ3n) is 2.59. The van der Waals surface area contributed by atoms with E-state index in [4.69, 9.17) is 9.47 Å². The third kappa shape index (κ3) is 3.77. The van der Waals surface area contributed by atoms with Gasteiger partial charge in [0.1, 0.15) is 5.82 Å².